The summed E-state index contributed by atoms with van der Waals surface area (Å²) in [7, 11) is 0. The molecule has 2 rings (SSSR count). The largest absolute Gasteiger partial charge is 0.462 e. The third-order valence-electron chi connectivity index (χ3n) is 11.8. The van der Waals surface area contributed by atoms with Gasteiger partial charge in [0.2, 0.25) is 0 Å². The quantitative estimate of drug-likeness (QED) is 0.0194. The van der Waals surface area contributed by atoms with Gasteiger partial charge in [-0.05, 0) is 70.6 Å². The molecule has 2 aliphatic heterocycles. The van der Waals surface area contributed by atoms with Gasteiger partial charge in [0.05, 0.1) is 19.8 Å². The van der Waals surface area contributed by atoms with Crippen LogP contribution in [0.2, 0.25) is 0 Å². The molecule has 11 atom stereocenters. The third kappa shape index (κ3) is 26.3. The predicted octanol–water partition coefficient (Wildman–Crippen LogP) is 6.71. The van der Waals surface area contributed by atoms with Gasteiger partial charge in [0.1, 0.15) is 55.4 Å². The molecule has 66 heavy (non-hydrogen) atoms. The molecule has 0 amide bonds. The van der Waals surface area contributed by atoms with Crippen LogP contribution in [0.3, 0.4) is 0 Å². The van der Waals surface area contributed by atoms with Crippen LogP contribution in [-0.2, 0) is 38.0 Å². The van der Waals surface area contributed by atoms with Gasteiger partial charge in [0.15, 0.2) is 18.7 Å². The van der Waals surface area contributed by atoms with Crippen molar-refractivity contribution >= 4 is 11.9 Å². The average Bonchev–Trinajstić information content (AvgIpc) is 3.31. The monoisotopic (exact) mass is 941 g/mol. The Labute approximate surface area is 395 Å². The highest BCUT2D eigenvalue weighted by Crippen LogP contribution is 2.26. The van der Waals surface area contributed by atoms with Gasteiger partial charge in [-0.2, -0.15) is 0 Å². The lowest BCUT2D eigenvalue weighted by molar-refractivity contribution is -0.332. The zero-order valence-corrected chi connectivity index (χ0v) is 40.2. The second-order valence-corrected chi connectivity index (χ2v) is 17.6. The topological polar surface area (TPSA) is 231 Å². The van der Waals surface area contributed by atoms with E-state index in [2.05, 4.69) is 62.5 Å². The van der Waals surface area contributed by atoms with Gasteiger partial charge in [0, 0.05) is 12.8 Å². The van der Waals surface area contributed by atoms with Crippen molar-refractivity contribution in [2.75, 3.05) is 26.4 Å². The van der Waals surface area contributed by atoms with Crippen molar-refractivity contribution in [1.29, 1.82) is 0 Å². The standard InChI is InChI=1S/C51H88O15/c1-3-5-7-9-11-13-15-17-19-21-23-25-27-29-31-33-42(53)61-36-39(64-43(54)34-32-30-28-26-24-22-20-18-16-14-12-10-8-6-4-2)37-62-50-49(60)47(58)45(56)41(66-50)38-63-51-48(59)46(57)44(55)40(35-52)65-51/h5,7,11,13,17-20,39-41,44-52,55-60H,3-4,6,8-10,12,14-16,21-38H2,1-2H3/b7-5-,13-11-,19-17-,20-18-/t39-,40+,41+,44-,45-,46-,47-,48+,49+,50+,51-/m0/s1. The van der Waals surface area contributed by atoms with Gasteiger partial charge in [-0.1, -0.05) is 133 Å². The number of unbranched alkanes of at least 4 members (excludes halogenated alkanes) is 16. The molecule has 0 radical (unpaired) electrons. The van der Waals surface area contributed by atoms with Crippen LogP contribution in [0.25, 0.3) is 0 Å². The Hall–Kier alpha value is -2.54. The van der Waals surface area contributed by atoms with E-state index in [1.165, 1.54) is 38.5 Å². The molecule has 0 aromatic carbocycles. The van der Waals surface area contributed by atoms with Crippen molar-refractivity contribution in [3.63, 3.8) is 0 Å². The summed E-state index contributed by atoms with van der Waals surface area (Å²) in [5.41, 5.74) is 0. The minimum atomic E-state index is -1.77. The molecular formula is C51H88O15. The van der Waals surface area contributed by atoms with Crippen molar-refractivity contribution in [3.8, 4) is 0 Å². The third-order valence-corrected chi connectivity index (χ3v) is 11.8. The molecule has 0 aromatic heterocycles. The Morgan fingerprint density at radius 3 is 1.52 bits per heavy atom. The first kappa shape index (κ1) is 59.6. The van der Waals surface area contributed by atoms with Crippen LogP contribution < -0.4 is 0 Å². The van der Waals surface area contributed by atoms with Crippen LogP contribution >= 0.6 is 0 Å². The molecule has 2 fully saturated rings. The van der Waals surface area contributed by atoms with E-state index in [9.17, 15) is 45.3 Å². The van der Waals surface area contributed by atoms with Gasteiger partial charge in [0.25, 0.3) is 0 Å². The first-order valence-electron chi connectivity index (χ1n) is 25.2. The molecule has 0 bridgehead atoms. The second-order valence-electron chi connectivity index (χ2n) is 17.6. The van der Waals surface area contributed by atoms with Crippen LogP contribution in [0.1, 0.15) is 168 Å². The van der Waals surface area contributed by atoms with Crippen molar-refractivity contribution in [2.24, 2.45) is 0 Å². The normalized spacial score (nSPS) is 26.6. The summed E-state index contributed by atoms with van der Waals surface area (Å²) < 4.78 is 33.5. The fourth-order valence-electron chi connectivity index (χ4n) is 7.64. The van der Waals surface area contributed by atoms with Gasteiger partial charge in [-0.15, -0.1) is 0 Å². The Balaban J connectivity index is 1.83. The number of esters is 2. The number of hydrogen-bond donors (Lipinski definition) is 7. The number of aliphatic hydroxyl groups is 7. The number of ether oxygens (including phenoxy) is 6. The molecule has 15 nitrogen and oxygen atoms in total. The summed E-state index contributed by atoms with van der Waals surface area (Å²) in [5.74, 6) is -0.956. The van der Waals surface area contributed by atoms with Crippen LogP contribution in [0, 0.1) is 0 Å². The summed E-state index contributed by atoms with van der Waals surface area (Å²) in [6.45, 7) is 2.44. The number of aliphatic hydroxyl groups excluding tert-OH is 7. The summed E-state index contributed by atoms with van der Waals surface area (Å²) in [5, 5.41) is 72.0. The summed E-state index contributed by atoms with van der Waals surface area (Å²) in [4.78, 5) is 25.7. The summed E-state index contributed by atoms with van der Waals surface area (Å²) >= 11 is 0. The first-order valence-corrected chi connectivity index (χ1v) is 25.2. The molecular weight excluding hydrogens is 853 g/mol. The lowest BCUT2D eigenvalue weighted by Crippen LogP contribution is -2.61. The molecule has 382 valence electrons. The molecule has 0 aromatic rings. The number of carbonyl (C=O) groups excluding carboxylic acids is 2. The Morgan fingerprint density at radius 1 is 0.500 bits per heavy atom. The second kappa shape index (κ2) is 38.3. The lowest BCUT2D eigenvalue weighted by Gasteiger charge is -2.42. The molecule has 2 heterocycles. The average molecular weight is 941 g/mol. The summed E-state index contributed by atoms with van der Waals surface area (Å²) in [6.07, 6.45) is 24.2. The molecule has 0 spiro atoms. The van der Waals surface area contributed by atoms with E-state index in [-0.39, 0.29) is 19.4 Å². The fourth-order valence-corrected chi connectivity index (χ4v) is 7.64. The lowest BCUT2D eigenvalue weighted by atomic mass is 9.98. The van der Waals surface area contributed by atoms with E-state index in [0.29, 0.717) is 12.8 Å². The maximum absolute atomic E-state index is 13.0. The van der Waals surface area contributed by atoms with Crippen LogP contribution in [0.5, 0.6) is 0 Å². The number of carbonyl (C=O) groups is 2. The van der Waals surface area contributed by atoms with Crippen LogP contribution in [0.15, 0.2) is 48.6 Å². The molecule has 2 saturated heterocycles. The zero-order chi connectivity index (χ0) is 48.2. The van der Waals surface area contributed by atoms with Gasteiger partial charge in [-0.3, -0.25) is 9.59 Å². The smallest absolute Gasteiger partial charge is 0.306 e. The number of rotatable bonds is 38. The highest BCUT2D eigenvalue weighted by molar-refractivity contribution is 5.70. The zero-order valence-electron chi connectivity index (χ0n) is 40.2. The molecule has 0 aliphatic carbocycles. The van der Waals surface area contributed by atoms with E-state index in [4.69, 9.17) is 28.4 Å². The Morgan fingerprint density at radius 2 is 0.955 bits per heavy atom. The summed E-state index contributed by atoms with van der Waals surface area (Å²) in [6, 6.07) is 0. The minimum Gasteiger partial charge on any atom is -0.462 e. The van der Waals surface area contributed by atoms with Crippen molar-refractivity contribution < 1.29 is 73.8 Å². The van der Waals surface area contributed by atoms with Crippen molar-refractivity contribution in [1.82, 2.24) is 0 Å². The van der Waals surface area contributed by atoms with Gasteiger partial charge >= 0.3 is 11.9 Å². The Bertz CT molecular complexity index is 1340. The maximum atomic E-state index is 13.0. The first-order chi connectivity index (χ1) is 32.0. The number of hydrogen-bond acceptors (Lipinski definition) is 15. The van der Waals surface area contributed by atoms with E-state index in [0.717, 1.165) is 89.9 Å². The molecule has 7 N–H and O–H groups in total. The molecule has 0 unspecified atom stereocenters. The Kier molecular flexibility index (Phi) is 34.6. The van der Waals surface area contributed by atoms with E-state index in [1.54, 1.807) is 0 Å². The van der Waals surface area contributed by atoms with E-state index in [1.807, 2.05) is 0 Å². The molecule has 2 aliphatic rings. The predicted molar refractivity (Wildman–Crippen MR) is 252 cm³/mol. The van der Waals surface area contributed by atoms with Crippen molar-refractivity contribution in [3.05, 3.63) is 48.6 Å². The van der Waals surface area contributed by atoms with Gasteiger partial charge < -0.3 is 64.2 Å². The highest BCUT2D eigenvalue weighted by atomic mass is 16.7. The van der Waals surface area contributed by atoms with Gasteiger partial charge in [-0.25, -0.2) is 0 Å². The molecule has 15 heteroatoms. The van der Waals surface area contributed by atoms with E-state index < -0.39 is 99.3 Å². The number of allylic oxidation sites excluding steroid dienone is 8. The fraction of sp³-hybridized carbons (Fsp3) is 0.804. The highest BCUT2D eigenvalue weighted by Gasteiger charge is 2.47. The molecule has 0 saturated carbocycles. The minimum absolute atomic E-state index is 0.150. The SMILES string of the molecule is CC/C=C\C/C=C\C/C=C\CCCCCCCC(=O)OC[C@@H](CO[C@@H]1O[C@H](CO[C@H]2O[C@H](CO)[C@H](O)[C@H](O)[C@H]2O)[C@H](O)[C@H](O)[C@H]1O)OC(=O)CCCCCCC/C=C\CCCCCCCC. The van der Waals surface area contributed by atoms with Crippen LogP contribution in [-0.4, -0.2) is 142 Å². The van der Waals surface area contributed by atoms with Crippen molar-refractivity contribution in [2.45, 2.75) is 235 Å². The van der Waals surface area contributed by atoms with Crippen LogP contribution in [0.4, 0.5) is 0 Å². The van der Waals surface area contributed by atoms with E-state index >= 15 is 0 Å². The maximum Gasteiger partial charge on any atom is 0.306 e.